The van der Waals surface area contributed by atoms with Crippen LogP contribution in [-0.2, 0) is 6.42 Å². The molecule has 112 valence electrons. The van der Waals surface area contributed by atoms with E-state index in [4.69, 9.17) is 9.47 Å². The van der Waals surface area contributed by atoms with Gasteiger partial charge in [0.2, 0.25) is 0 Å². The molecule has 0 bridgehead atoms. The number of benzene rings is 2. The molecular weight excluding hydrogens is 274 g/mol. The second-order valence-electron chi connectivity index (χ2n) is 5.32. The summed E-state index contributed by atoms with van der Waals surface area (Å²) < 4.78 is 11.4. The van der Waals surface area contributed by atoms with Gasteiger partial charge in [0, 0.05) is 18.0 Å². The van der Waals surface area contributed by atoms with E-state index in [0.717, 1.165) is 28.8 Å². The van der Waals surface area contributed by atoms with Crippen LogP contribution in [0.1, 0.15) is 12.5 Å². The number of ether oxygens (including phenoxy) is 2. The monoisotopic (exact) mass is 293 g/mol. The van der Waals surface area contributed by atoms with Gasteiger partial charge in [-0.1, -0.05) is 30.3 Å². The molecule has 0 N–H and O–H groups in total. The van der Waals surface area contributed by atoms with E-state index in [2.05, 4.69) is 18.0 Å². The number of methoxy groups -OCH3 is 1. The fourth-order valence-corrected chi connectivity index (χ4v) is 2.56. The lowest BCUT2D eigenvalue weighted by atomic mass is 10.1. The summed E-state index contributed by atoms with van der Waals surface area (Å²) in [6, 6.07) is 18.1. The normalized spacial score (nSPS) is 12.1. The van der Waals surface area contributed by atoms with Crippen molar-refractivity contribution < 1.29 is 9.47 Å². The average molecular weight is 293 g/mol. The van der Waals surface area contributed by atoms with Crippen LogP contribution in [0, 0.1) is 0 Å². The minimum atomic E-state index is 0.0553. The fourth-order valence-electron chi connectivity index (χ4n) is 2.56. The van der Waals surface area contributed by atoms with Gasteiger partial charge in [0.05, 0.1) is 7.11 Å². The zero-order valence-corrected chi connectivity index (χ0v) is 12.8. The first-order valence-electron chi connectivity index (χ1n) is 7.39. The quantitative estimate of drug-likeness (QED) is 0.704. The van der Waals surface area contributed by atoms with Crippen molar-refractivity contribution >= 4 is 10.9 Å². The van der Waals surface area contributed by atoms with Crippen LogP contribution in [0.4, 0.5) is 0 Å². The molecule has 0 aliphatic carbocycles. The molecule has 3 nitrogen and oxygen atoms in total. The third-order valence-electron chi connectivity index (χ3n) is 3.58. The second-order valence-corrected chi connectivity index (χ2v) is 5.32. The molecule has 1 aromatic heterocycles. The zero-order chi connectivity index (χ0) is 15.4. The maximum Gasteiger partial charge on any atom is 0.145 e. The van der Waals surface area contributed by atoms with E-state index in [-0.39, 0.29) is 6.10 Å². The fraction of sp³-hybridized carbons (Fsp3) is 0.211. The first-order valence-corrected chi connectivity index (χ1v) is 7.39. The first kappa shape index (κ1) is 14.4. The Labute approximate surface area is 130 Å². The Morgan fingerprint density at radius 3 is 2.73 bits per heavy atom. The standard InChI is InChI=1S/C19H19NO2/c1-14(12-15-6-3-9-17(13-15)21-2)22-18-10-4-7-16-8-5-11-20-19(16)18/h3-11,13-14H,12H2,1-2H3. The van der Waals surface area contributed by atoms with Gasteiger partial charge in [-0.15, -0.1) is 0 Å². The van der Waals surface area contributed by atoms with E-state index in [1.807, 2.05) is 48.5 Å². The summed E-state index contributed by atoms with van der Waals surface area (Å²) in [7, 11) is 1.68. The topological polar surface area (TPSA) is 31.4 Å². The molecule has 22 heavy (non-hydrogen) atoms. The highest BCUT2D eigenvalue weighted by molar-refractivity contribution is 5.84. The van der Waals surface area contributed by atoms with Crippen LogP contribution < -0.4 is 9.47 Å². The number of aromatic nitrogens is 1. The van der Waals surface area contributed by atoms with Crippen molar-refractivity contribution in [1.29, 1.82) is 0 Å². The molecule has 0 radical (unpaired) electrons. The Morgan fingerprint density at radius 2 is 1.86 bits per heavy atom. The third kappa shape index (κ3) is 3.19. The average Bonchev–Trinajstić information content (AvgIpc) is 2.55. The predicted molar refractivity (Wildman–Crippen MR) is 88.5 cm³/mol. The highest BCUT2D eigenvalue weighted by Gasteiger charge is 2.09. The summed E-state index contributed by atoms with van der Waals surface area (Å²) in [5.74, 6) is 1.70. The van der Waals surface area contributed by atoms with Crippen molar-refractivity contribution in [3.8, 4) is 11.5 Å². The Kier molecular flexibility index (Phi) is 4.24. The van der Waals surface area contributed by atoms with Crippen LogP contribution in [-0.4, -0.2) is 18.2 Å². The molecule has 0 saturated heterocycles. The summed E-state index contributed by atoms with van der Waals surface area (Å²) in [4.78, 5) is 4.42. The van der Waals surface area contributed by atoms with Gasteiger partial charge in [-0.2, -0.15) is 0 Å². The Hall–Kier alpha value is -2.55. The maximum absolute atomic E-state index is 6.10. The Bertz CT molecular complexity index is 765. The van der Waals surface area contributed by atoms with Gasteiger partial charge >= 0.3 is 0 Å². The molecule has 0 aliphatic rings. The lowest BCUT2D eigenvalue weighted by Gasteiger charge is -2.16. The molecule has 0 aliphatic heterocycles. The lowest BCUT2D eigenvalue weighted by molar-refractivity contribution is 0.224. The summed E-state index contributed by atoms with van der Waals surface area (Å²) in [5.41, 5.74) is 2.10. The minimum Gasteiger partial charge on any atom is -0.497 e. The smallest absolute Gasteiger partial charge is 0.145 e. The highest BCUT2D eigenvalue weighted by atomic mass is 16.5. The van der Waals surface area contributed by atoms with Gasteiger partial charge < -0.3 is 9.47 Å². The van der Waals surface area contributed by atoms with Crippen molar-refractivity contribution in [2.24, 2.45) is 0 Å². The Morgan fingerprint density at radius 1 is 1.05 bits per heavy atom. The summed E-state index contributed by atoms with van der Waals surface area (Å²) in [6.07, 6.45) is 2.67. The van der Waals surface area contributed by atoms with Gasteiger partial charge in [-0.3, -0.25) is 4.98 Å². The number of pyridine rings is 1. The summed E-state index contributed by atoms with van der Waals surface area (Å²) >= 11 is 0. The van der Waals surface area contributed by atoms with Crippen LogP contribution in [0.5, 0.6) is 11.5 Å². The molecule has 0 saturated carbocycles. The van der Waals surface area contributed by atoms with Gasteiger partial charge in [-0.25, -0.2) is 0 Å². The lowest BCUT2D eigenvalue weighted by Crippen LogP contribution is -2.15. The molecule has 3 rings (SSSR count). The van der Waals surface area contributed by atoms with Crippen LogP contribution >= 0.6 is 0 Å². The van der Waals surface area contributed by atoms with E-state index in [1.54, 1.807) is 13.3 Å². The van der Waals surface area contributed by atoms with E-state index in [9.17, 15) is 0 Å². The summed E-state index contributed by atoms with van der Waals surface area (Å²) in [5, 5.41) is 1.09. The number of rotatable bonds is 5. The molecule has 3 heteroatoms. The second kappa shape index (κ2) is 6.48. The number of hydrogen-bond donors (Lipinski definition) is 0. The van der Waals surface area contributed by atoms with Gasteiger partial charge in [0.25, 0.3) is 0 Å². The van der Waals surface area contributed by atoms with E-state index in [0.29, 0.717) is 0 Å². The number of hydrogen-bond acceptors (Lipinski definition) is 3. The predicted octanol–water partition coefficient (Wildman–Crippen LogP) is 4.25. The van der Waals surface area contributed by atoms with Crippen molar-refractivity contribution in [2.75, 3.05) is 7.11 Å². The maximum atomic E-state index is 6.10. The van der Waals surface area contributed by atoms with Crippen molar-refractivity contribution in [3.05, 3.63) is 66.4 Å². The number of nitrogens with zero attached hydrogens (tertiary/aromatic N) is 1. The molecule has 0 spiro atoms. The largest absolute Gasteiger partial charge is 0.497 e. The van der Waals surface area contributed by atoms with Gasteiger partial charge in [0.15, 0.2) is 0 Å². The molecule has 1 atom stereocenters. The minimum absolute atomic E-state index is 0.0553. The summed E-state index contributed by atoms with van der Waals surface area (Å²) in [6.45, 7) is 2.07. The number of para-hydroxylation sites is 1. The molecule has 0 fully saturated rings. The Balaban J connectivity index is 1.77. The molecule has 1 unspecified atom stereocenters. The van der Waals surface area contributed by atoms with Crippen LogP contribution in [0.2, 0.25) is 0 Å². The molecule has 1 heterocycles. The van der Waals surface area contributed by atoms with E-state index < -0.39 is 0 Å². The highest BCUT2D eigenvalue weighted by Crippen LogP contribution is 2.25. The molecular formula is C19H19NO2. The first-order chi connectivity index (χ1) is 10.8. The molecule has 3 aromatic rings. The van der Waals surface area contributed by atoms with Crippen LogP contribution in [0.15, 0.2) is 60.8 Å². The zero-order valence-electron chi connectivity index (χ0n) is 12.8. The van der Waals surface area contributed by atoms with Crippen molar-refractivity contribution in [3.63, 3.8) is 0 Å². The molecule has 0 amide bonds. The van der Waals surface area contributed by atoms with Gasteiger partial charge in [-0.05, 0) is 36.8 Å². The number of fused-ring (bicyclic) bond motifs is 1. The van der Waals surface area contributed by atoms with E-state index in [1.165, 1.54) is 5.56 Å². The van der Waals surface area contributed by atoms with Crippen molar-refractivity contribution in [1.82, 2.24) is 4.98 Å². The van der Waals surface area contributed by atoms with Crippen LogP contribution in [0.25, 0.3) is 10.9 Å². The van der Waals surface area contributed by atoms with Gasteiger partial charge in [0.1, 0.15) is 23.1 Å². The molecule has 2 aromatic carbocycles. The van der Waals surface area contributed by atoms with E-state index >= 15 is 0 Å². The van der Waals surface area contributed by atoms with Crippen molar-refractivity contribution in [2.45, 2.75) is 19.4 Å². The third-order valence-corrected chi connectivity index (χ3v) is 3.58. The SMILES string of the molecule is COc1cccc(CC(C)Oc2cccc3cccnc23)c1. The van der Waals surface area contributed by atoms with Crippen LogP contribution in [0.3, 0.4) is 0 Å².